The van der Waals surface area contributed by atoms with Gasteiger partial charge in [0.1, 0.15) is 5.75 Å². The molecule has 1 aliphatic rings. The highest BCUT2D eigenvalue weighted by Crippen LogP contribution is 2.30. The highest BCUT2D eigenvalue weighted by molar-refractivity contribution is 7.91. The summed E-state index contributed by atoms with van der Waals surface area (Å²) in [5.74, 6) is -0.360. The Kier molecular flexibility index (Phi) is 3.60. The Morgan fingerprint density at radius 3 is 2.35 bits per heavy atom. The maximum atomic E-state index is 12.6. The number of hydrogen-bond donors (Lipinski definition) is 1. The number of carbonyl (C=O) groups excluding carboxylic acids is 1. The zero-order chi connectivity index (χ0) is 16.8. The molecule has 4 nitrogen and oxygen atoms in total. The number of sulfone groups is 1. The Bertz CT molecular complexity index is 930. The molecule has 3 rings (SSSR count). The van der Waals surface area contributed by atoms with Gasteiger partial charge in [-0.25, -0.2) is 8.42 Å². The summed E-state index contributed by atoms with van der Waals surface area (Å²) in [6.07, 6.45) is 1.59. The Labute approximate surface area is 135 Å². The van der Waals surface area contributed by atoms with Crippen LogP contribution in [0.15, 0.2) is 46.9 Å². The van der Waals surface area contributed by atoms with Crippen molar-refractivity contribution in [1.82, 2.24) is 0 Å². The van der Waals surface area contributed by atoms with Crippen molar-refractivity contribution in [2.75, 3.05) is 5.75 Å². The van der Waals surface area contributed by atoms with Gasteiger partial charge < -0.3 is 5.11 Å². The van der Waals surface area contributed by atoms with Crippen molar-refractivity contribution in [3.8, 4) is 5.75 Å². The van der Waals surface area contributed by atoms with Crippen LogP contribution in [0.1, 0.15) is 27.0 Å². The molecule has 5 heteroatoms. The molecule has 0 aliphatic carbocycles. The fourth-order valence-corrected chi connectivity index (χ4v) is 4.39. The summed E-state index contributed by atoms with van der Waals surface area (Å²) in [4.78, 5) is 12.7. The van der Waals surface area contributed by atoms with Gasteiger partial charge in [0.2, 0.25) is 0 Å². The maximum Gasteiger partial charge on any atom is 0.191 e. The van der Waals surface area contributed by atoms with E-state index in [1.807, 2.05) is 0 Å². The fraction of sp³-hybridized carbons (Fsp3) is 0.167. The number of fused-ring (bicyclic) bond motifs is 1. The minimum Gasteiger partial charge on any atom is -0.507 e. The smallest absolute Gasteiger partial charge is 0.191 e. The lowest BCUT2D eigenvalue weighted by Gasteiger charge is -2.18. The Hall–Kier alpha value is -2.40. The van der Waals surface area contributed by atoms with E-state index in [2.05, 4.69) is 0 Å². The molecular formula is C18H16O4S. The number of rotatable bonds is 1. The van der Waals surface area contributed by atoms with Crippen LogP contribution >= 0.6 is 0 Å². The first-order valence-corrected chi connectivity index (χ1v) is 8.82. The monoisotopic (exact) mass is 328 g/mol. The molecule has 0 unspecified atom stereocenters. The van der Waals surface area contributed by atoms with Crippen molar-refractivity contribution in [2.45, 2.75) is 18.7 Å². The van der Waals surface area contributed by atoms with E-state index < -0.39 is 9.84 Å². The van der Waals surface area contributed by atoms with Crippen molar-refractivity contribution in [3.05, 3.63) is 64.2 Å². The van der Waals surface area contributed by atoms with Crippen LogP contribution in [0.25, 0.3) is 6.08 Å². The molecule has 0 radical (unpaired) electrons. The number of hydrogen-bond acceptors (Lipinski definition) is 4. The molecule has 1 heterocycles. The average molecular weight is 328 g/mol. The quantitative estimate of drug-likeness (QED) is 0.817. The van der Waals surface area contributed by atoms with Crippen LogP contribution in [0.5, 0.6) is 5.75 Å². The van der Waals surface area contributed by atoms with Gasteiger partial charge in [0.15, 0.2) is 15.6 Å². The number of carbonyl (C=O) groups is 1. The van der Waals surface area contributed by atoms with Gasteiger partial charge in [0.05, 0.1) is 10.6 Å². The highest BCUT2D eigenvalue weighted by Gasteiger charge is 2.32. The van der Waals surface area contributed by atoms with Crippen LogP contribution in [-0.4, -0.2) is 25.1 Å². The molecule has 2 aromatic rings. The van der Waals surface area contributed by atoms with Crippen molar-refractivity contribution < 1.29 is 18.3 Å². The third-order valence-electron chi connectivity index (χ3n) is 3.96. The average Bonchev–Trinajstić information content (AvgIpc) is 2.50. The number of phenolic OH excluding ortho intramolecular Hbond substituents is 1. The molecule has 0 saturated carbocycles. The molecule has 0 spiro atoms. The summed E-state index contributed by atoms with van der Waals surface area (Å²) in [5.41, 5.74) is 2.54. The van der Waals surface area contributed by atoms with E-state index in [0.29, 0.717) is 16.7 Å². The van der Waals surface area contributed by atoms with E-state index in [-0.39, 0.29) is 33.3 Å². The van der Waals surface area contributed by atoms with Gasteiger partial charge in [-0.05, 0) is 60.9 Å². The van der Waals surface area contributed by atoms with Crippen LogP contribution in [0.4, 0.5) is 0 Å². The molecular weight excluding hydrogens is 312 g/mol. The van der Waals surface area contributed by atoms with Gasteiger partial charge in [-0.1, -0.05) is 12.1 Å². The van der Waals surface area contributed by atoms with Crippen LogP contribution in [0, 0.1) is 13.8 Å². The molecule has 2 aromatic carbocycles. The number of ketones is 1. The van der Waals surface area contributed by atoms with Crippen LogP contribution in [0.3, 0.4) is 0 Å². The van der Waals surface area contributed by atoms with E-state index in [1.54, 1.807) is 44.2 Å². The molecule has 0 fully saturated rings. The van der Waals surface area contributed by atoms with Crippen molar-refractivity contribution in [2.24, 2.45) is 0 Å². The number of phenols is 1. The summed E-state index contributed by atoms with van der Waals surface area (Å²) in [7, 11) is -3.51. The van der Waals surface area contributed by atoms with E-state index in [0.717, 1.165) is 0 Å². The summed E-state index contributed by atoms with van der Waals surface area (Å²) < 4.78 is 24.7. The van der Waals surface area contributed by atoms with Gasteiger partial charge >= 0.3 is 0 Å². The molecule has 0 bridgehead atoms. The molecule has 1 aliphatic heterocycles. The third-order valence-corrected chi connectivity index (χ3v) is 5.68. The standard InChI is InChI=1S/C18H16O4S/c1-11-7-13(8-12(2)17(11)19)9-14-10-23(21,22)16-6-4-3-5-15(16)18(14)20/h3-9,19H,10H2,1-2H3/b14-9-. The van der Waals surface area contributed by atoms with Crippen molar-refractivity contribution in [3.63, 3.8) is 0 Å². The van der Waals surface area contributed by atoms with Crippen molar-refractivity contribution >= 4 is 21.7 Å². The highest BCUT2D eigenvalue weighted by atomic mass is 32.2. The Balaban J connectivity index is 2.14. The minimum absolute atomic E-state index is 0.0974. The minimum atomic E-state index is -3.51. The zero-order valence-electron chi connectivity index (χ0n) is 12.8. The van der Waals surface area contributed by atoms with E-state index >= 15 is 0 Å². The number of aromatic hydroxyl groups is 1. The molecule has 1 N–H and O–H groups in total. The van der Waals surface area contributed by atoms with E-state index in [1.165, 1.54) is 12.1 Å². The molecule has 0 aromatic heterocycles. The van der Waals surface area contributed by atoms with E-state index in [4.69, 9.17) is 0 Å². The molecule has 23 heavy (non-hydrogen) atoms. The summed E-state index contributed by atoms with van der Waals surface area (Å²) in [6, 6.07) is 9.74. The van der Waals surface area contributed by atoms with Crippen molar-refractivity contribution in [1.29, 1.82) is 0 Å². The van der Waals surface area contributed by atoms with Gasteiger partial charge in [-0.2, -0.15) is 0 Å². The maximum absolute atomic E-state index is 12.6. The fourth-order valence-electron chi connectivity index (χ4n) is 2.83. The second-order valence-electron chi connectivity index (χ2n) is 5.76. The lowest BCUT2D eigenvalue weighted by Crippen LogP contribution is -2.24. The lowest BCUT2D eigenvalue weighted by atomic mass is 9.99. The largest absolute Gasteiger partial charge is 0.507 e. The number of benzene rings is 2. The second-order valence-corrected chi connectivity index (χ2v) is 7.72. The summed E-state index contributed by atoms with van der Waals surface area (Å²) >= 11 is 0. The number of Topliss-reactive ketones (excluding diaryl/α,β-unsaturated/α-hetero) is 1. The lowest BCUT2D eigenvalue weighted by molar-refractivity contribution is 0.103. The Morgan fingerprint density at radius 2 is 1.70 bits per heavy atom. The first-order chi connectivity index (χ1) is 10.8. The predicted molar refractivity (Wildman–Crippen MR) is 88.4 cm³/mol. The summed E-state index contributed by atoms with van der Waals surface area (Å²) in [5, 5.41) is 9.82. The summed E-state index contributed by atoms with van der Waals surface area (Å²) in [6.45, 7) is 3.53. The van der Waals surface area contributed by atoms with Gasteiger partial charge in [-0.3, -0.25) is 4.79 Å². The molecule has 0 amide bonds. The van der Waals surface area contributed by atoms with E-state index in [9.17, 15) is 18.3 Å². The Morgan fingerprint density at radius 1 is 1.09 bits per heavy atom. The first-order valence-electron chi connectivity index (χ1n) is 7.17. The first kappa shape index (κ1) is 15.5. The van der Waals surface area contributed by atoms with Crippen LogP contribution in [0.2, 0.25) is 0 Å². The second kappa shape index (κ2) is 5.35. The van der Waals surface area contributed by atoms with Gasteiger partial charge in [0, 0.05) is 11.1 Å². The molecule has 0 atom stereocenters. The van der Waals surface area contributed by atoms with Gasteiger partial charge in [0.25, 0.3) is 0 Å². The predicted octanol–water partition coefficient (Wildman–Crippen LogP) is 3.06. The topological polar surface area (TPSA) is 71.4 Å². The molecule has 118 valence electrons. The normalized spacial score (nSPS) is 18.0. The number of aryl methyl sites for hydroxylation is 2. The van der Waals surface area contributed by atoms with Crippen LogP contribution in [-0.2, 0) is 9.84 Å². The molecule has 0 saturated heterocycles. The SMILES string of the molecule is Cc1cc(/C=C2/CS(=O)(=O)c3ccccc3C2=O)cc(C)c1O. The van der Waals surface area contributed by atoms with Gasteiger partial charge in [-0.15, -0.1) is 0 Å². The zero-order valence-corrected chi connectivity index (χ0v) is 13.6. The van der Waals surface area contributed by atoms with Crippen LogP contribution < -0.4 is 0 Å². The third kappa shape index (κ3) is 2.68.